The van der Waals surface area contributed by atoms with Crippen LogP contribution in [-0.2, 0) is 12.7 Å². The maximum atomic E-state index is 12.5. The lowest BCUT2D eigenvalue weighted by molar-refractivity contribution is -0.141. The summed E-state index contributed by atoms with van der Waals surface area (Å²) >= 11 is 0. The van der Waals surface area contributed by atoms with Crippen molar-refractivity contribution in [1.29, 1.82) is 0 Å². The fraction of sp³-hybridized carbons (Fsp3) is 0.250. The summed E-state index contributed by atoms with van der Waals surface area (Å²) in [4.78, 5) is 12.8. The van der Waals surface area contributed by atoms with Crippen LogP contribution in [0.1, 0.15) is 11.3 Å². The molecule has 0 amide bonds. The first-order valence-corrected chi connectivity index (χ1v) is 5.47. The second-order valence-corrected chi connectivity index (χ2v) is 3.95. The second kappa shape index (κ2) is 5.21. The first kappa shape index (κ1) is 13.3. The Morgan fingerprint density at radius 3 is 2.42 bits per heavy atom. The summed E-state index contributed by atoms with van der Waals surface area (Å²) in [5.41, 5.74) is -0.0300. The average molecular weight is 268 g/mol. The summed E-state index contributed by atoms with van der Waals surface area (Å²) in [6.07, 6.45) is -0.115. The minimum absolute atomic E-state index is 0.0339. The first-order valence-electron chi connectivity index (χ1n) is 5.47. The highest BCUT2D eigenvalue weighted by Crippen LogP contribution is 2.28. The molecule has 2 heterocycles. The molecule has 0 aliphatic carbocycles. The number of halogens is 3. The number of anilines is 1. The van der Waals surface area contributed by atoms with E-state index in [1.807, 2.05) is 0 Å². The number of aromatic nitrogens is 3. The van der Waals surface area contributed by atoms with Gasteiger partial charge in [0.05, 0.1) is 0 Å². The van der Waals surface area contributed by atoms with E-state index in [0.717, 1.165) is 17.8 Å². The second-order valence-electron chi connectivity index (χ2n) is 3.95. The highest BCUT2D eigenvalue weighted by Gasteiger charge is 2.33. The largest absolute Gasteiger partial charge is 0.433 e. The molecule has 4 nitrogen and oxygen atoms in total. The minimum Gasteiger partial charge on any atom is -0.340 e. The lowest BCUT2D eigenvalue weighted by Crippen LogP contribution is -2.21. The summed E-state index contributed by atoms with van der Waals surface area (Å²) in [5.74, 6) is 0.0339. The van der Waals surface area contributed by atoms with Gasteiger partial charge in [-0.15, -0.1) is 0 Å². The van der Waals surface area contributed by atoms with Gasteiger partial charge in [-0.05, 0) is 23.8 Å². The molecule has 0 saturated heterocycles. The highest BCUT2D eigenvalue weighted by molar-refractivity contribution is 5.31. The molecular weight excluding hydrogens is 257 g/mol. The molecule has 0 bridgehead atoms. The van der Waals surface area contributed by atoms with Crippen molar-refractivity contribution in [2.75, 3.05) is 11.9 Å². The zero-order chi connectivity index (χ0) is 13.9. The molecule has 2 aromatic heterocycles. The monoisotopic (exact) mass is 268 g/mol. The van der Waals surface area contributed by atoms with E-state index in [4.69, 9.17) is 0 Å². The van der Waals surface area contributed by atoms with Crippen molar-refractivity contribution in [3.63, 3.8) is 0 Å². The van der Waals surface area contributed by atoms with Gasteiger partial charge in [-0.2, -0.15) is 13.2 Å². The molecule has 0 spiro atoms. The maximum Gasteiger partial charge on any atom is 0.433 e. The third-order valence-electron chi connectivity index (χ3n) is 2.44. The summed E-state index contributed by atoms with van der Waals surface area (Å²) < 4.78 is 37.6. The lowest BCUT2D eigenvalue weighted by Gasteiger charge is -2.17. The van der Waals surface area contributed by atoms with Crippen molar-refractivity contribution in [2.24, 2.45) is 0 Å². The van der Waals surface area contributed by atoms with Gasteiger partial charge in [-0.25, -0.2) is 9.97 Å². The number of alkyl halides is 3. The molecule has 0 aliphatic rings. The summed E-state index contributed by atoms with van der Waals surface area (Å²) in [5, 5.41) is 0. The predicted molar refractivity (Wildman–Crippen MR) is 63.4 cm³/mol. The van der Waals surface area contributed by atoms with Crippen LogP contribution in [-0.4, -0.2) is 22.0 Å². The van der Waals surface area contributed by atoms with E-state index in [1.165, 1.54) is 0 Å². The van der Waals surface area contributed by atoms with Crippen molar-refractivity contribution in [2.45, 2.75) is 12.7 Å². The van der Waals surface area contributed by atoms with Crippen LogP contribution in [0.25, 0.3) is 0 Å². The Kier molecular flexibility index (Phi) is 3.64. The van der Waals surface area contributed by atoms with Gasteiger partial charge < -0.3 is 4.90 Å². The van der Waals surface area contributed by atoms with Crippen molar-refractivity contribution in [1.82, 2.24) is 15.0 Å². The molecular formula is C12H11F3N4. The van der Waals surface area contributed by atoms with E-state index < -0.39 is 11.9 Å². The summed E-state index contributed by atoms with van der Waals surface area (Å²) in [7, 11) is 1.63. The smallest absolute Gasteiger partial charge is 0.340 e. The molecule has 0 atom stereocenters. The Labute approximate surface area is 107 Å². The number of nitrogens with zero attached hydrogens (tertiary/aromatic N) is 4. The van der Waals surface area contributed by atoms with Gasteiger partial charge in [-0.3, -0.25) is 4.98 Å². The van der Waals surface area contributed by atoms with Crippen molar-refractivity contribution in [3.05, 3.63) is 48.0 Å². The highest BCUT2D eigenvalue weighted by atomic mass is 19.4. The van der Waals surface area contributed by atoms with Crippen LogP contribution in [0.3, 0.4) is 0 Å². The fourth-order valence-corrected chi connectivity index (χ4v) is 1.52. The molecule has 0 aromatic carbocycles. The zero-order valence-corrected chi connectivity index (χ0v) is 10.1. The number of hydrogen-bond acceptors (Lipinski definition) is 4. The number of hydrogen-bond donors (Lipinski definition) is 0. The Morgan fingerprint density at radius 1 is 1.11 bits per heavy atom. The molecule has 0 radical (unpaired) electrons. The SMILES string of the molecule is CN(Cc1ccncc1)c1nccc(C(F)(F)F)n1. The van der Waals surface area contributed by atoms with Crippen LogP contribution >= 0.6 is 0 Å². The van der Waals surface area contributed by atoms with E-state index in [2.05, 4.69) is 15.0 Å². The third-order valence-corrected chi connectivity index (χ3v) is 2.44. The molecule has 2 aromatic rings. The molecule has 2 rings (SSSR count). The Hall–Kier alpha value is -2.18. The molecule has 0 aliphatic heterocycles. The first-order chi connectivity index (χ1) is 8.97. The predicted octanol–water partition coefficient (Wildman–Crippen LogP) is 2.53. The number of rotatable bonds is 3. The van der Waals surface area contributed by atoms with Crippen LogP contribution in [0.4, 0.5) is 19.1 Å². The molecule has 0 unspecified atom stereocenters. The van der Waals surface area contributed by atoms with Crippen LogP contribution in [0.2, 0.25) is 0 Å². The Bertz CT molecular complexity index is 542. The molecule has 0 saturated carbocycles. The zero-order valence-electron chi connectivity index (χ0n) is 10.1. The van der Waals surface area contributed by atoms with E-state index in [0.29, 0.717) is 6.54 Å². The quantitative estimate of drug-likeness (QED) is 0.857. The molecule has 100 valence electrons. The summed E-state index contributed by atoms with van der Waals surface area (Å²) in [6, 6.07) is 4.41. The number of pyridine rings is 1. The van der Waals surface area contributed by atoms with Crippen molar-refractivity contribution >= 4 is 5.95 Å². The van der Waals surface area contributed by atoms with Gasteiger partial charge in [0, 0.05) is 32.2 Å². The molecule has 7 heteroatoms. The maximum absolute atomic E-state index is 12.5. The van der Waals surface area contributed by atoms with Gasteiger partial charge in [0.1, 0.15) is 5.69 Å². The van der Waals surface area contributed by atoms with Crippen molar-refractivity contribution < 1.29 is 13.2 Å². The van der Waals surface area contributed by atoms with Crippen molar-refractivity contribution in [3.8, 4) is 0 Å². The van der Waals surface area contributed by atoms with Gasteiger partial charge in [0.15, 0.2) is 0 Å². The summed E-state index contributed by atoms with van der Waals surface area (Å²) in [6.45, 7) is 0.407. The van der Waals surface area contributed by atoms with Crippen LogP contribution in [0, 0.1) is 0 Å². The van der Waals surface area contributed by atoms with E-state index in [-0.39, 0.29) is 5.95 Å². The fourth-order valence-electron chi connectivity index (χ4n) is 1.52. The van der Waals surface area contributed by atoms with E-state index in [9.17, 15) is 13.2 Å². The Morgan fingerprint density at radius 2 is 1.79 bits per heavy atom. The van der Waals surface area contributed by atoms with Crippen LogP contribution in [0.15, 0.2) is 36.8 Å². The van der Waals surface area contributed by atoms with Gasteiger partial charge in [0.25, 0.3) is 0 Å². The van der Waals surface area contributed by atoms with Gasteiger partial charge >= 0.3 is 6.18 Å². The third kappa shape index (κ3) is 3.40. The van der Waals surface area contributed by atoms with Gasteiger partial charge in [-0.1, -0.05) is 0 Å². The topological polar surface area (TPSA) is 41.9 Å². The van der Waals surface area contributed by atoms with E-state index in [1.54, 1.807) is 36.5 Å². The normalized spacial score (nSPS) is 11.4. The van der Waals surface area contributed by atoms with E-state index >= 15 is 0 Å². The van der Waals surface area contributed by atoms with Gasteiger partial charge in [0.2, 0.25) is 5.95 Å². The average Bonchev–Trinajstić information content (AvgIpc) is 2.39. The lowest BCUT2D eigenvalue weighted by atomic mass is 10.2. The standard InChI is InChI=1S/C12H11F3N4/c1-19(8-9-2-5-16-6-3-9)11-17-7-4-10(18-11)12(13,14)15/h2-7H,8H2,1H3. The molecule has 0 N–H and O–H groups in total. The molecule has 19 heavy (non-hydrogen) atoms. The van der Waals surface area contributed by atoms with Crippen LogP contribution in [0.5, 0.6) is 0 Å². The Balaban J connectivity index is 2.18. The molecule has 0 fully saturated rings. The minimum atomic E-state index is -4.46. The van der Waals surface area contributed by atoms with Crippen LogP contribution < -0.4 is 4.90 Å².